The van der Waals surface area contributed by atoms with Crippen molar-refractivity contribution in [3.8, 4) is 0 Å². The molecule has 0 aliphatic rings. The standard InChI is InChI=1S/C6H10O3/c1-3-5(2)6(8)9-4-7/h7H,2-4H2,1H3. The van der Waals surface area contributed by atoms with Gasteiger partial charge in [0, 0.05) is 5.57 Å². The van der Waals surface area contributed by atoms with E-state index in [4.69, 9.17) is 5.11 Å². The molecule has 0 aromatic heterocycles. The number of hydrogen-bond donors (Lipinski definition) is 1. The Morgan fingerprint density at radius 2 is 2.33 bits per heavy atom. The third-order valence-corrected chi connectivity index (χ3v) is 0.911. The predicted octanol–water partition coefficient (Wildman–Crippen LogP) is 0.446. The molecule has 3 heteroatoms. The van der Waals surface area contributed by atoms with Crippen molar-refractivity contribution in [2.24, 2.45) is 0 Å². The first-order valence-electron chi connectivity index (χ1n) is 2.68. The summed E-state index contributed by atoms with van der Waals surface area (Å²) in [6.07, 6.45) is 0.554. The van der Waals surface area contributed by atoms with Gasteiger partial charge in [0.05, 0.1) is 0 Å². The number of hydrogen-bond acceptors (Lipinski definition) is 3. The third-order valence-electron chi connectivity index (χ3n) is 0.911. The van der Waals surface area contributed by atoms with E-state index >= 15 is 0 Å². The van der Waals surface area contributed by atoms with E-state index in [2.05, 4.69) is 11.3 Å². The number of esters is 1. The van der Waals surface area contributed by atoms with E-state index in [0.717, 1.165) is 0 Å². The fraction of sp³-hybridized carbons (Fsp3) is 0.500. The second kappa shape index (κ2) is 4.09. The Labute approximate surface area is 53.9 Å². The molecule has 0 heterocycles. The molecule has 0 saturated carbocycles. The lowest BCUT2D eigenvalue weighted by molar-refractivity contribution is -0.147. The Morgan fingerprint density at radius 1 is 1.78 bits per heavy atom. The normalized spacial score (nSPS) is 8.67. The molecule has 0 saturated heterocycles. The summed E-state index contributed by atoms with van der Waals surface area (Å²) in [6, 6.07) is 0. The number of ether oxygens (including phenoxy) is 1. The molecule has 0 rings (SSSR count). The summed E-state index contributed by atoms with van der Waals surface area (Å²) in [6.45, 7) is 4.63. The van der Waals surface area contributed by atoms with E-state index in [1.54, 1.807) is 6.92 Å². The van der Waals surface area contributed by atoms with E-state index in [0.29, 0.717) is 12.0 Å². The van der Waals surface area contributed by atoms with Crippen molar-refractivity contribution in [3.05, 3.63) is 12.2 Å². The lowest BCUT2D eigenvalue weighted by Gasteiger charge is -1.99. The van der Waals surface area contributed by atoms with Crippen LogP contribution < -0.4 is 0 Å². The highest BCUT2D eigenvalue weighted by atomic mass is 16.6. The minimum absolute atomic E-state index is 0.379. The van der Waals surface area contributed by atoms with Crippen molar-refractivity contribution < 1.29 is 14.6 Å². The number of carbonyl (C=O) groups excluding carboxylic acids is 1. The Bertz CT molecular complexity index is 117. The first kappa shape index (κ1) is 8.17. The highest BCUT2D eigenvalue weighted by molar-refractivity contribution is 5.87. The van der Waals surface area contributed by atoms with Gasteiger partial charge in [0.2, 0.25) is 0 Å². The first-order valence-corrected chi connectivity index (χ1v) is 2.68. The molecule has 52 valence electrons. The van der Waals surface area contributed by atoms with E-state index in [9.17, 15) is 4.79 Å². The zero-order valence-corrected chi connectivity index (χ0v) is 5.39. The van der Waals surface area contributed by atoms with Gasteiger partial charge in [-0.1, -0.05) is 13.5 Å². The average Bonchev–Trinajstić information content (AvgIpc) is 1.87. The molecule has 0 radical (unpaired) electrons. The Hall–Kier alpha value is -0.830. The topological polar surface area (TPSA) is 46.5 Å². The third kappa shape index (κ3) is 2.87. The molecule has 0 bridgehead atoms. The van der Waals surface area contributed by atoms with Crippen LogP contribution in [0.3, 0.4) is 0 Å². The van der Waals surface area contributed by atoms with E-state index in [1.165, 1.54) is 0 Å². The second-order valence-corrected chi connectivity index (χ2v) is 1.52. The summed E-state index contributed by atoms with van der Waals surface area (Å²) >= 11 is 0. The fourth-order valence-corrected chi connectivity index (χ4v) is 0.305. The van der Waals surface area contributed by atoms with Gasteiger partial charge in [-0.2, -0.15) is 0 Å². The summed E-state index contributed by atoms with van der Waals surface area (Å²) < 4.78 is 4.21. The maximum absolute atomic E-state index is 10.5. The van der Waals surface area contributed by atoms with Crippen LogP contribution in [0.25, 0.3) is 0 Å². The van der Waals surface area contributed by atoms with Crippen molar-refractivity contribution in [1.82, 2.24) is 0 Å². The average molecular weight is 130 g/mol. The van der Waals surface area contributed by atoms with Crippen LogP contribution in [0.1, 0.15) is 13.3 Å². The van der Waals surface area contributed by atoms with Gasteiger partial charge in [-0.15, -0.1) is 0 Å². The van der Waals surface area contributed by atoms with E-state index in [-0.39, 0.29) is 0 Å². The molecule has 3 nitrogen and oxygen atoms in total. The van der Waals surface area contributed by atoms with E-state index < -0.39 is 12.8 Å². The minimum atomic E-state index is -0.572. The maximum atomic E-state index is 10.5. The molecule has 0 atom stereocenters. The van der Waals surface area contributed by atoms with Crippen molar-refractivity contribution in [1.29, 1.82) is 0 Å². The van der Waals surface area contributed by atoms with Gasteiger partial charge in [-0.25, -0.2) is 4.79 Å². The molecule has 1 N–H and O–H groups in total. The van der Waals surface area contributed by atoms with Crippen molar-refractivity contribution in [3.63, 3.8) is 0 Å². The molecule has 0 fully saturated rings. The molecular weight excluding hydrogens is 120 g/mol. The molecule has 0 aliphatic heterocycles. The predicted molar refractivity (Wildman–Crippen MR) is 32.6 cm³/mol. The van der Waals surface area contributed by atoms with Gasteiger partial charge >= 0.3 is 5.97 Å². The lowest BCUT2D eigenvalue weighted by Crippen LogP contribution is -2.06. The summed E-state index contributed by atoms with van der Waals surface area (Å²) in [5.41, 5.74) is 0.379. The quantitative estimate of drug-likeness (QED) is 0.342. The van der Waals surface area contributed by atoms with Crippen LogP contribution in [0.4, 0.5) is 0 Å². The molecule has 9 heavy (non-hydrogen) atoms. The largest absolute Gasteiger partial charge is 0.435 e. The zero-order valence-electron chi connectivity index (χ0n) is 5.39. The SMILES string of the molecule is C=C(CC)C(=O)OCO. The van der Waals surface area contributed by atoms with Gasteiger partial charge in [0.1, 0.15) is 0 Å². The highest BCUT2D eigenvalue weighted by Crippen LogP contribution is 1.97. The Balaban J connectivity index is 3.60. The van der Waals surface area contributed by atoms with Gasteiger partial charge in [0.15, 0.2) is 6.79 Å². The molecule has 0 aromatic carbocycles. The van der Waals surface area contributed by atoms with E-state index in [1.807, 2.05) is 0 Å². The molecule has 0 spiro atoms. The van der Waals surface area contributed by atoms with Gasteiger partial charge < -0.3 is 9.84 Å². The molecule has 0 aromatic rings. The number of carbonyl (C=O) groups is 1. The van der Waals surface area contributed by atoms with Crippen LogP contribution in [0, 0.1) is 0 Å². The van der Waals surface area contributed by atoms with Crippen LogP contribution >= 0.6 is 0 Å². The summed E-state index contributed by atoms with van der Waals surface area (Å²) in [4.78, 5) is 10.5. The van der Waals surface area contributed by atoms with Crippen molar-refractivity contribution >= 4 is 5.97 Å². The van der Waals surface area contributed by atoms with Gasteiger partial charge in [-0.3, -0.25) is 0 Å². The minimum Gasteiger partial charge on any atom is -0.435 e. The highest BCUT2D eigenvalue weighted by Gasteiger charge is 2.03. The Kier molecular flexibility index (Phi) is 3.71. The summed E-state index contributed by atoms with van der Waals surface area (Å²) in [7, 11) is 0. The Morgan fingerprint density at radius 3 is 2.67 bits per heavy atom. The second-order valence-electron chi connectivity index (χ2n) is 1.52. The van der Waals surface area contributed by atoms with Crippen LogP contribution in [0.5, 0.6) is 0 Å². The number of aliphatic hydroxyl groups excluding tert-OH is 1. The van der Waals surface area contributed by atoms with Crippen LogP contribution in [-0.2, 0) is 9.53 Å². The molecule has 0 aliphatic carbocycles. The van der Waals surface area contributed by atoms with Crippen LogP contribution in [0.2, 0.25) is 0 Å². The lowest BCUT2D eigenvalue weighted by atomic mass is 10.2. The summed E-state index contributed by atoms with van der Waals surface area (Å²) in [5.74, 6) is -0.528. The molecule has 0 amide bonds. The van der Waals surface area contributed by atoms with Crippen LogP contribution in [0.15, 0.2) is 12.2 Å². The smallest absolute Gasteiger partial charge is 0.335 e. The van der Waals surface area contributed by atoms with Crippen molar-refractivity contribution in [2.75, 3.05) is 6.79 Å². The van der Waals surface area contributed by atoms with Gasteiger partial charge in [-0.05, 0) is 6.42 Å². The molecular formula is C6H10O3. The molecule has 0 unspecified atom stereocenters. The van der Waals surface area contributed by atoms with Gasteiger partial charge in [0.25, 0.3) is 0 Å². The number of rotatable bonds is 3. The van der Waals surface area contributed by atoms with Crippen LogP contribution in [-0.4, -0.2) is 17.9 Å². The monoisotopic (exact) mass is 130 g/mol. The fourth-order valence-electron chi connectivity index (χ4n) is 0.305. The van der Waals surface area contributed by atoms with Crippen molar-refractivity contribution in [2.45, 2.75) is 13.3 Å². The zero-order chi connectivity index (χ0) is 7.28. The summed E-state index contributed by atoms with van der Waals surface area (Å²) in [5, 5.41) is 8.10. The maximum Gasteiger partial charge on any atom is 0.335 e. The first-order chi connectivity index (χ1) is 4.22. The number of aliphatic hydroxyl groups is 1.